The Kier molecular flexibility index (Phi) is 5.11. The van der Waals surface area contributed by atoms with Gasteiger partial charge in [-0.2, -0.15) is 9.90 Å². The lowest BCUT2D eigenvalue weighted by Crippen LogP contribution is -2.62. The van der Waals surface area contributed by atoms with E-state index in [4.69, 9.17) is 11.6 Å². The topological polar surface area (TPSA) is 71.3 Å². The van der Waals surface area contributed by atoms with E-state index in [1.54, 1.807) is 6.92 Å². The summed E-state index contributed by atoms with van der Waals surface area (Å²) in [6.45, 7) is 2.68. The molecule has 35 heavy (non-hydrogen) atoms. The standard InChI is InChI=1S/C27H24ClN5O2/c1-18-24(30-33(29-18)22-8-3-2-4-9-22)26(35)32-16-15-31-25(34)23-10-6-5-7-19(23)17-27(31,32)20-11-13-21(28)14-12-20/h2-11,13H,12,14-17H2,1H3. The van der Waals surface area contributed by atoms with Gasteiger partial charge in [-0.05, 0) is 55.2 Å². The van der Waals surface area contributed by atoms with Gasteiger partial charge in [0.15, 0.2) is 5.69 Å². The molecule has 6 rings (SSSR count). The average Bonchev–Trinajstić information content (AvgIpc) is 3.46. The van der Waals surface area contributed by atoms with Crippen LogP contribution in [0.1, 0.15) is 44.9 Å². The minimum atomic E-state index is -0.889. The molecule has 8 heteroatoms. The lowest BCUT2D eigenvalue weighted by atomic mass is 9.80. The molecule has 0 radical (unpaired) electrons. The fourth-order valence-corrected chi connectivity index (χ4v) is 5.68. The van der Waals surface area contributed by atoms with Crippen LogP contribution in [0.3, 0.4) is 0 Å². The van der Waals surface area contributed by atoms with Gasteiger partial charge in [0.2, 0.25) is 0 Å². The van der Waals surface area contributed by atoms with Crippen LogP contribution in [0.2, 0.25) is 0 Å². The van der Waals surface area contributed by atoms with Crippen LogP contribution in [-0.4, -0.2) is 55.4 Å². The molecule has 1 fully saturated rings. The number of halogens is 1. The Hall–Kier alpha value is -3.71. The molecular weight excluding hydrogens is 462 g/mol. The van der Waals surface area contributed by atoms with Crippen molar-refractivity contribution in [2.24, 2.45) is 0 Å². The van der Waals surface area contributed by atoms with E-state index in [1.165, 1.54) is 4.80 Å². The van der Waals surface area contributed by atoms with Gasteiger partial charge in [-0.3, -0.25) is 9.59 Å². The quantitative estimate of drug-likeness (QED) is 0.555. The van der Waals surface area contributed by atoms with E-state index in [0.29, 0.717) is 49.3 Å². The van der Waals surface area contributed by atoms with Crippen molar-refractivity contribution in [3.05, 3.63) is 99.9 Å². The molecule has 0 N–H and O–H groups in total. The number of carbonyl (C=O) groups is 2. The zero-order valence-corrected chi connectivity index (χ0v) is 20.1. The molecule has 0 bridgehead atoms. The van der Waals surface area contributed by atoms with Gasteiger partial charge in [0.25, 0.3) is 11.8 Å². The highest BCUT2D eigenvalue weighted by atomic mass is 35.5. The Morgan fingerprint density at radius 1 is 0.971 bits per heavy atom. The van der Waals surface area contributed by atoms with Crippen molar-refractivity contribution in [1.82, 2.24) is 24.8 Å². The summed E-state index contributed by atoms with van der Waals surface area (Å²) in [7, 11) is 0. The van der Waals surface area contributed by atoms with Crippen LogP contribution in [0.25, 0.3) is 5.69 Å². The second-order valence-corrected chi connectivity index (χ2v) is 9.61. The van der Waals surface area contributed by atoms with E-state index >= 15 is 0 Å². The van der Waals surface area contributed by atoms with Crippen LogP contribution in [-0.2, 0) is 6.42 Å². The van der Waals surface area contributed by atoms with Crippen molar-refractivity contribution in [3.8, 4) is 5.69 Å². The van der Waals surface area contributed by atoms with Crippen LogP contribution in [0.5, 0.6) is 0 Å². The van der Waals surface area contributed by atoms with Crippen molar-refractivity contribution in [1.29, 1.82) is 0 Å². The first-order valence-corrected chi connectivity index (χ1v) is 12.1. The fraction of sp³-hybridized carbons (Fsp3) is 0.259. The third kappa shape index (κ3) is 3.33. The molecule has 1 aromatic heterocycles. The lowest BCUT2D eigenvalue weighted by Gasteiger charge is -2.48. The average molecular weight is 486 g/mol. The third-order valence-electron chi connectivity index (χ3n) is 7.20. The van der Waals surface area contributed by atoms with Crippen molar-refractivity contribution < 1.29 is 9.59 Å². The molecule has 2 amide bonds. The largest absolute Gasteiger partial charge is 0.309 e. The molecule has 1 unspecified atom stereocenters. The second-order valence-electron chi connectivity index (χ2n) is 9.13. The maximum atomic E-state index is 14.1. The normalized spacial score (nSPS) is 21.4. The Bertz CT molecular complexity index is 1410. The summed E-state index contributed by atoms with van der Waals surface area (Å²) in [6.07, 6.45) is 5.77. The lowest BCUT2D eigenvalue weighted by molar-refractivity contribution is 0.0244. The number of allylic oxidation sites excluding steroid dienone is 3. The predicted molar refractivity (Wildman–Crippen MR) is 132 cm³/mol. The Morgan fingerprint density at radius 3 is 2.51 bits per heavy atom. The number of amides is 2. The minimum Gasteiger partial charge on any atom is -0.309 e. The fourth-order valence-electron chi connectivity index (χ4n) is 5.53. The maximum absolute atomic E-state index is 14.1. The molecule has 3 aromatic rings. The SMILES string of the molecule is Cc1nn(-c2ccccc2)nc1C(=O)N1CCN2C(=O)c3ccccc3CC21C1=CC=C(Cl)CC1. The van der Waals surface area contributed by atoms with Crippen LogP contribution < -0.4 is 0 Å². The summed E-state index contributed by atoms with van der Waals surface area (Å²) in [4.78, 5) is 32.9. The van der Waals surface area contributed by atoms with E-state index in [-0.39, 0.29) is 11.8 Å². The van der Waals surface area contributed by atoms with Crippen LogP contribution >= 0.6 is 11.6 Å². The molecular formula is C27H24ClN5O2. The van der Waals surface area contributed by atoms with Gasteiger partial charge in [-0.15, -0.1) is 5.10 Å². The van der Waals surface area contributed by atoms with Crippen molar-refractivity contribution in [3.63, 3.8) is 0 Å². The van der Waals surface area contributed by atoms with E-state index < -0.39 is 5.66 Å². The van der Waals surface area contributed by atoms with Gasteiger partial charge < -0.3 is 9.80 Å². The third-order valence-corrected chi connectivity index (χ3v) is 7.51. The number of hydrogen-bond acceptors (Lipinski definition) is 4. The second kappa shape index (κ2) is 8.20. The van der Waals surface area contributed by atoms with Gasteiger partial charge in [0, 0.05) is 30.1 Å². The van der Waals surface area contributed by atoms with Gasteiger partial charge in [-0.1, -0.05) is 54.1 Å². The number of para-hydroxylation sites is 1. The molecule has 0 saturated carbocycles. The summed E-state index contributed by atoms with van der Waals surface area (Å²) < 4.78 is 0. The molecule has 1 aliphatic carbocycles. The minimum absolute atomic E-state index is 0.0478. The zero-order chi connectivity index (χ0) is 24.2. The van der Waals surface area contributed by atoms with Crippen LogP contribution in [0, 0.1) is 6.92 Å². The van der Waals surface area contributed by atoms with E-state index in [2.05, 4.69) is 10.2 Å². The first-order valence-electron chi connectivity index (χ1n) is 11.8. The van der Waals surface area contributed by atoms with E-state index in [1.807, 2.05) is 76.5 Å². The monoisotopic (exact) mass is 485 g/mol. The first-order chi connectivity index (χ1) is 17.0. The number of aryl methyl sites for hydroxylation is 1. The summed E-state index contributed by atoms with van der Waals surface area (Å²) in [5.41, 5.74) is 3.40. The summed E-state index contributed by atoms with van der Waals surface area (Å²) >= 11 is 6.28. The zero-order valence-electron chi connectivity index (χ0n) is 19.3. The number of rotatable bonds is 3. The highest BCUT2D eigenvalue weighted by molar-refractivity contribution is 6.29. The molecule has 7 nitrogen and oxygen atoms in total. The van der Waals surface area contributed by atoms with E-state index in [0.717, 1.165) is 21.9 Å². The first kappa shape index (κ1) is 21.8. The van der Waals surface area contributed by atoms with Crippen molar-refractivity contribution in [2.75, 3.05) is 13.1 Å². The van der Waals surface area contributed by atoms with E-state index in [9.17, 15) is 9.59 Å². The van der Waals surface area contributed by atoms with Gasteiger partial charge >= 0.3 is 0 Å². The summed E-state index contributed by atoms with van der Waals surface area (Å²) in [6, 6.07) is 17.2. The number of aromatic nitrogens is 3. The number of carbonyl (C=O) groups excluding carboxylic acids is 2. The highest BCUT2D eigenvalue weighted by Crippen LogP contribution is 2.45. The molecule has 0 spiro atoms. The smallest absolute Gasteiger partial charge is 0.278 e. The Balaban J connectivity index is 1.47. The highest BCUT2D eigenvalue weighted by Gasteiger charge is 2.57. The number of hydrogen-bond donors (Lipinski definition) is 0. The Morgan fingerprint density at radius 2 is 1.74 bits per heavy atom. The number of fused-ring (bicyclic) bond motifs is 2. The molecule has 2 aliphatic heterocycles. The molecule has 3 aliphatic rings. The van der Waals surface area contributed by atoms with Crippen molar-refractivity contribution in [2.45, 2.75) is 31.8 Å². The maximum Gasteiger partial charge on any atom is 0.278 e. The molecule has 176 valence electrons. The van der Waals surface area contributed by atoms with Gasteiger partial charge in [0.05, 0.1) is 11.4 Å². The van der Waals surface area contributed by atoms with Crippen molar-refractivity contribution >= 4 is 23.4 Å². The van der Waals surface area contributed by atoms with Gasteiger partial charge in [0.1, 0.15) is 5.66 Å². The molecule has 3 heterocycles. The van der Waals surface area contributed by atoms with Crippen LogP contribution in [0.4, 0.5) is 0 Å². The summed E-state index contributed by atoms with van der Waals surface area (Å²) in [5, 5.41) is 9.86. The Labute approximate surface area is 208 Å². The molecule has 2 aromatic carbocycles. The predicted octanol–water partition coefficient (Wildman–Crippen LogP) is 4.27. The number of benzene rings is 2. The molecule has 1 atom stereocenters. The van der Waals surface area contributed by atoms with Crippen LogP contribution in [0.15, 0.2) is 77.4 Å². The van der Waals surface area contributed by atoms with Gasteiger partial charge in [-0.25, -0.2) is 0 Å². The molecule has 1 saturated heterocycles. The number of nitrogens with zero attached hydrogens (tertiary/aromatic N) is 5. The summed E-state index contributed by atoms with van der Waals surface area (Å²) in [5.74, 6) is -0.269.